The molecule has 354 valence electrons. The first-order chi connectivity index (χ1) is 29.2. The molecule has 0 atom stereocenters. The van der Waals surface area contributed by atoms with Gasteiger partial charge in [0, 0.05) is 65.4 Å². The molecular formula is C54H113N5. The Morgan fingerprint density at radius 3 is 0.644 bits per heavy atom. The average molecular weight is 833 g/mol. The van der Waals surface area contributed by atoms with Gasteiger partial charge in [-0.05, 0) is 64.8 Å². The molecule has 0 unspecified atom stereocenters. The summed E-state index contributed by atoms with van der Waals surface area (Å²) in [5.41, 5.74) is 0. The summed E-state index contributed by atoms with van der Waals surface area (Å²) in [6, 6.07) is 0. The maximum Gasteiger partial charge on any atom is 0.0110 e. The Bertz CT molecular complexity index is 767. The lowest BCUT2D eigenvalue weighted by Crippen LogP contribution is -2.50. The molecule has 0 spiro atoms. The monoisotopic (exact) mass is 832 g/mol. The highest BCUT2D eigenvalue weighted by atomic mass is 15.3. The molecule has 5 heteroatoms. The van der Waals surface area contributed by atoms with Crippen molar-refractivity contribution in [3.05, 3.63) is 0 Å². The van der Waals surface area contributed by atoms with E-state index in [1.807, 2.05) is 0 Å². The third-order valence-electron chi connectivity index (χ3n) is 13.8. The maximum atomic E-state index is 2.89. The zero-order valence-corrected chi connectivity index (χ0v) is 41.9. The molecule has 0 bridgehead atoms. The van der Waals surface area contributed by atoms with Gasteiger partial charge in [0.2, 0.25) is 0 Å². The van der Waals surface area contributed by atoms with Crippen LogP contribution in [-0.2, 0) is 0 Å². The van der Waals surface area contributed by atoms with Crippen LogP contribution in [0.25, 0.3) is 0 Å². The minimum Gasteiger partial charge on any atom is -0.302 e. The van der Waals surface area contributed by atoms with Gasteiger partial charge in [-0.15, -0.1) is 0 Å². The van der Waals surface area contributed by atoms with Crippen LogP contribution in [0, 0.1) is 0 Å². The van der Waals surface area contributed by atoms with E-state index >= 15 is 0 Å². The van der Waals surface area contributed by atoms with Crippen molar-refractivity contribution in [1.29, 1.82) is 0 Å². The van der Waals surface area contributed by atoms with E-state index in [4.69, 9.17) is 0 Å². The molecule has 5 nitrogen and oxygen atoms in total. The molecule has 1 fully saturated rings. The summed E-state index contributed by atoms with van der Waals surface area (Å²) >= 11 is 0. The quantitative estimate of drug-likeness (QED) is 0.0566. The van der Waals surface area contributed by atoms with E-state index in [1.54, 1.807) is 0 Å². The second-order valence-corrected chi connectivity index (χ2v) is 19.5. The second kappa shape index (κ2) is 45.8. The molecular weight excluding hydrogens is 719 g/mol. The Kier molecular flexibility index (Phi) is 44.1. The average Bonchev–Trinajstić information content (AvgIpc) is 3.25. The van der Waals surface area contributed by atoms with Crippen LogP contribution in [0.4, 0.5) is 0 Å². The Hall–Kier alpha value is -0.200. The van der Waals surface area contributed by atoms with Crippen LogP contribution in [0.5, 0.6) is 0 Å². The molecule has 1 heterocycles. The lowest BCUT2D eigenvalue weighted by molar-refractivity contribution is 0.104. The van der Waals surface area contributed by atoms with Crippen LogP contribution >= 0.6 is 0 Å². The molecule has 0 aromatic heterocycles. The van der Waals surface area contributed by atoms with Crippen molar-refractivity contribution in [3.8, 4) is 0 Å². The van der Waals surface area contributed by atoms with Crippen LogP contribution < -0.4 is 0 Å². The van der Waals surface area contributed by atoms with Gasteiger partial charge in [-0.3, -0.25) is 9.80 Å². The Labute approximate surface area is 374 Å². The van der Waals surface area contributed by atoms with Gasteiger partial charge in [0.25, 0.3) is 0 Å². The van der Waals surface area contributed by atoms with E-state index in [-0.39, 0.29) is 0 Å². The van der Waals surface area contributed by atoms with Gasteiger partial charge in [0.15, 0.2) is 0 Å². The molecule has 59 heavy (non-hydrogen) atoms. The topological polar surface area (TPSA) is 16.2 Å². The molecule has 0 aliphatic carbocycles. The van der Waals surface area contributed by atoms with Gasteiger partial charge in [-0.25, -0.2) is 0 Å². The summed E-state index contributed by atoms with van der Waals surface area (Å²) < 4.78 is 0. The van der Waals surface area contributed by atoms with Gasteiger partial charge >= 0.3 is 0 Å². The van der Waals surface area contributed by atoms with Gasteiger partial charge < -0.3 is 14.7 Å². The van der Waals surface area contributed by atoms with E-state index in [9.17, 15) is 0 Å². The summed E-state index contributed by atoms with van der Waals surface area (Å²) in [7, 11) is 0. The fourth-order valence-corrected chi connectivity index (χ4v) is 9.38. The van der Waals surface area contributed by atoms with Gasteiger partial charge in [0.1, 0.15) is 0 Å². The summed E-state index contributed by atoms with van der Waals surface area (Å²) in [4.78, 5) is 14.3. The Balaban J connectivity index is 2.63. The van der Waals surface area contributed by atoms with Crippen LogP contribution in [0.1, 0.15) is 253 Å². The van der Waals surface area contributed by atoms with E-state index in [0.29, 0.717) is 0 Å². The first kappa shape index (κ1) is 56.8. The molecule has 0 N–H and O–H groups in total. The summed E-state index contributed by atoms with van der Waals surface area (Å²) in [5.74, 6) is 0. The molecule has 1 rings (SSSR count). The Morgan fingerprint density at radius 2 is 0.407 bits per heavy atom. The number of rotatable bonds is 48. The molecule has 0 aromatic carbocycles. The molecule has 1 saturated heterocycles. The lowest BCUT2D eigenvalue weighted by atomic mass is 10.1. The van der Waals surface area contributed by atoms with Crippen molar-refractivity contribution in [2.24, 2.45) is 0 Å². The third kappa shape index (κ3) is 38.0. The molecule has 0 saturated carbocycles. The van der Waals surface area contributed by atoms with Gasteiger partial charge in [-0.2, -0.15) is 0 Å². The zero-order chi connectivity index (χ0) is 42.5. The van der Waals surface area contributed by atoms with Gasteiger partial charge in [0.05, 0.1) is 0 Å². The van der Waals surface area contributed by atoms with Crippen LogP contribution in [0.15, 0.2) is 0 Å². The summed E-state index contributed by atoms with van der Waals surface area (Å²) in [5, 5.41) is 0. The molecule has 0 radical (unpaired) electrons. The van der Waals surface area contributed by atoms with E-state index in [2.05, 4.69) is 59.1 Å². The lowest BCUT2D eigenvalue weighted by Gasteiger charge is -2.37. The predicted molar refractivity (Wildman–Crippen MR) is 268 cm³/mol. The highest BCUT2D eigenvalue weighted by molar-refractivity contribution is 4.75. The van der Waals surface area contributed by atoms with Crippen LogP contribution in [0.2, 0.25) is 0 Å². The van der Waals surface area contributed by atoms with Crippen LogP contribution in [0.3, 0.4) is 0 Å². The highest BCUT2D eigenvalue weighted by Gasteiger charge is 2.19. The van der Waals surface area contributed by atoms with Crippen molar-refractivity contribution in [2.75, 3.05) is 98.2 Å². The normalized spacial score (nSPS) is 14.2. The van der Waals surface area contributed by atoms with E-state index in [0.717, 1.165) is 0 Å². The van der Waals surface area contributed by atoms with E-state index in [1.165, 1.54) is 316 Å². The largest absolute Gasteiger partial charge is 0.302 e. The fourth-order valence-electron chi connectivity index (χ4n) is 9.38. The van der Waals surface area contributed by atoms with Crippen molar-refractivity contribution in [1.82, 2.24) is 24.5 Å². The first-order valence-electron chi connectivity index (χ1n) is 27.8. The summed E-state index contributed by atoms with van der Waals surface area (Å²) in [6.07, 6.45) is 48.2. The minimum atomic E-state index is 1.27. The van der Waals surface area contributed by atoms with Crippen molar-refractivity contribution in [3.63, 3.8) is 0 Å². The van der Waals surface area contributed by atoms with Crippen LogP contribution in [-0.4, -0.2) is 123 Å². The molecule has 0 aromatic rings. The van der Waals surface area contributed by atoms with Crippen molar-refractivity contribution < 1.29 is 0 Å². The standard InChI is InChI=1S/C54H113N5/c1-6-11-16-21-26-31-36-41-55(42-37-32-27-22-17-12-7-2)45-47-57(44-39-34-29-24-19-14-9-4)48-50-59-53-51-58(52-54-59)49-46-56(40-35-30-25-20-15-10-5)43-38-33-28-23-18-13-8-3/h6-54H2,1-5H3. The fraction of sp³-hybridized carbons (Fsp3) is 1.00. The number of unbranched alkanes of at least 4 members (excludes halogenated alkanes) is 29. The third-order valence-corrected chi connectivity index (χ3v) is 13.8. The van der Waals surface area contributed by atoms with Gasteiger partial charge in [-0.1, -0.05) is 221 Å². The number of hydrogen-bond acceptors (Lipinski definition) is 5. The number of nitrogens with zero attached hydrogens (tertiary/aromatic N) is 5. The number of piperazine rings is 1. The highest BCUT2D eigenvalue weighted by Crippen LogP contribution is 2.14. The minimum absolute atomic E-state index is 1.27. The second-order valence-electron chi connectivity index (χ2n) is 19.5. The zero-order valence-electron chi connectivity index (χ0n) is 41.9. The molecule has 1 aliphatic heterocycles. The molecule has 0 amide bonds. The SMILES string of the molecule is CCCCCCCCCN(CCCCCCCCC)CCN(CCCCCCCCC)CCN1CCN(CCN(CCCCCCCC)CCCCCCCCC)CC1. The number of hydrogen-bond donors (Lipinski definition) is 0. The summed E-state index contributed by atoms with van der Waals surface area (Å²) in [6.45, 7) is 31.0. The predicted octanol–water partition coefficient (Wildman–Crippen LogP) is 14.9. The first-order valence-corrected chi connectivity index (χ1v) is 27.8. The molecule has 1 aliphatic rings. The van der Waals surface area contributed by atoms with Crippen molar-refractivity contribution >= 4 is 0 Å². The van der Waals surface area contributed by atoms with E-state index < -0.39 is 0 Å². The maximum absolute atomic E-state index is 2.89. The smallest absolute Gasteiger partial charge is 0.0110 e. The van der Waals surface area contributed by atoms with Crippen molar-refractivity contribution in [2.45, 2.75) is 253 Å². The Morgan fingerprint density at radius 1 is 0.220 bits per heavy atom.